The van der Waals surface area contributed by atoms with Crippen LogP contribution in [0.5, 0.6) is 0 Å². The largest absolute Gasteiger partial charge is 0.336 e. The number of rotatable bonds is 5. The lowest BCUT2D eigenvalue weighted by Crippen LogP contribution is -2.33. The topological polar surface area (TPSA) is 65.8 Å². The van der Waals surface area contributed by atoms with E-state index < -0.39 is 6.04 Å². The minimum atomic E-state index is -0.403. The number of nitriles is 1. The summed E-state index contributed by atoms with van der Waals surface area (Å²) in [7, 11) is 0. The summed E-state index contributed by atoms with van der Waals surface area (Å²) in [6.07, 6.45) is 2.29. The van der Waals surface area contributed by atoms with Crippen LogP contribution in [0.3, 0.4) is 0 Å². The fourth-order valence-corrected chi connectivity index (χ4v) is 2.48. The van der Waals surface area contributed by atoms with Gasteiger partial charge in [0.1, 0.15) is 10.9 Å². The average Bonchev–Trinajstić information content (AvgIpc) is 2.69. The van der Waals surface area contributed by atoms with Crippen LogP contribution < -0.4 is 5.32 Å². The van der Waals surface area contributed by atoms with E-state index in [-0.39, 0.29) is 5.91 Å². The standard InChI is InChI=1S/C12H17N3OS/c1-4-6-9(7-13)15-12(16)11-10(5-2)14-8(3)17-11/h9H,4-6H2,1-3H3,(H,15,16). The van der Waals surface area contributed by atoms with Crippen LogP contribution in [0.25, 0.3) is 0 Å². The first-order valence-electron chi connectivity index (χ1n) is 5.79. The molecule has 0 spiro atoms. The molecule has 5 heteroatoms. The summed E-state index contributed by atoms with van der Waals surface area (Å²) in [5.74, 6) is -0.174. The summed E-state index contributed by atoms with van der Waals surface area (Å²) in [6.45, 7) is 5.85. The molecule has 0 aliphatic rings. The molecule has 1 aromatic heterocycles. The molecule has 0 aliphatic carbocycles. The van der Waals surface area contributed by atoms with Crippen LogP contribution >= 0.6 is 11.3 Å². The van der Waals surface area contributed by atoms with Gasteiger partial charge in [0.05, 0.1) is 16.8 Å². The first-order valence-corrected chi connectivity index (χ1v) is 6.60. The fourth-order valence-electron chi connectivity index (χ4n) is 1.57. The third-order valence-electron chi connectivity index (χ3n) is 2.38. The Bertz CT molecular complexity index is 433. The van der Waals surface area contributed by atoms with E-state index in [1.807, 2.05) is 20.8 Å². The van der Waals surface area contributed by atoms with Gasteiger partial charge in [-0.2, -0.15) is 5.26 Å². The van der Waals surface area contributed by atoms with Crippen LogP contribution in [0.15, 0.2) is 0 Å². The van der Waals surface area contributed by atoms with Gasteiger partial charge in [0, 0.05) is 0 Å². The molecule has 0 saturated carbocycles. The fraction of sp³-hybridized carbons (Fsp3) is 0.583. The van der Waals surface area contributed by atoms with Gasteiger partial charge in [-0.05, 0) is 19.8 Å². The second-order valence-electron chi connectivity index (χ2n) is 3.81. The van der Waals surface area contributed by atoms with Crippen molar-refractivity contribution in [1.82, 2.24) is 10.3 Å². The number of nitrogens with one attached hydrogen (secondary N) is 1. The maximum absolute atomic E-state index is 12.0. The van der Waals surface area contributed by atoms with Crippen LogP contribution in [0.4, 0.5) is 0 Å². The lowest BCUT2D eigenvalue weighted by atomic mass is 10.2. The first-order chi connectivity index (χ1) is 8.12. The molecule has 1 unspecified atom stereocenters. The van der Waals surface area contributed by atoms with Crippen molar-refractivity contribution in [2.45, 2.75) is 46.1 Å². The molecule has 0 saturated heterocycles. The molecule has 1 amide bonds. The highest BCUT2D eigenvalue weighted by atomic mass is 32.1. The van der Waals surface area contributed by atoms with E-state index in [1.165, 1.54) is 11.3 Å². The molecule has 92 valence electrons. The molecular weight excluding hydrogens is 234 g/mol. The molecule has 1 aromatic rings. The van der Waals surface area contributed by atoms with Gasteiger partial charge < -0.3 is 5.32 Å². The van der Waals surface area contributed by atoms with Crippen molar-refractivity contribution in [3.05, 3.63) is 15.6 Å². The van der Waals surface area contributed by atoms with E-state index in [9.17, 15) is 4.79 Å². The predicted molar refractivity (Wildman–Crippen MR) is 68.0 cm³/mol. The van der Waals surface area contributed by atoms with E-state index in [1.54, 1.807) is 0 Å². The molecule has 0 radical (unpaired) electrons. The lowest BCUT2D eigenvalue weighted by molar-refractivity contribution is 0.0947. The molecule has 0 fully saturated rings. The Hall–Kier alpha value is -1.41. The normalized spacial score (nSPS) is 11.9. The summed E-state index contributed by atoms with van der Waals surface area (Å²) in [5.41, 5.74) is 0.818. The van der Waals surface area contributed by atoms with Crippen LogP contribution in [0.2, 0.25) is 0 Å². The second-order valence-corrected chi connectivity index (χ2v) is 5.01. The van der Waals surface area contributed by atoms with Gasteiger partial charge in [0.2, 0.25) is 0 Å². The van der Waals surface area contributed by atoms with Crippen molar-refractivity contribution in [3.8, 4) is 6.07 Å². The van der Waals surface area contributed by atoms with E-state index >= 15 is 0 Å². The zero-order valence-corrected chi connectivity index (χ0v) is 11.2. The number of hydrogen-bond acceptors (Lipinski definition) is 4. The predicted octanol–water partition coefficient (Wildman–Crippen LogP) is 2.44. The molecule has 1 rings (SSSR count). The lowest BCUT2D eigenvalue weighted by Gasteiger charge is -2.09. The first kappa shape index (κ1) is 13.7. The summed E-state index contributed by atoms with van der Waals surface area (Å²) in [4.78, 5) is 16.9. The Morgan fingerprint density at radius 1 is 1.59 bits per heavy atom. The monoisotopic (exact) mass is 251 g/mol. The van der Waals surface area contributed by atoms with Crippen LogP contribution in [-0.2, 0) is 6.42 Å². The van der Waals surface area contributed by atoms with Gasteiger partial charge in [-0.3, -0.25) is 4.79 Å². The number of aryl methyl sites for hydroxylation is 2. The Labute approximate surface area is 106 Å². The van der Waals surface area contributed by atoms with Crippen molar-refractivity contribution in [2.24, 2.45) is 0 Å². The molecule has 1 heterocycles. The summed E-state index contributed by atoms with van der Waals surface area (Å²) >= 11 is 1.39. The number of carbonyl (C=O) groups is 1. The smallest absolute Gasteiger partial charge is 0.264 e. The molecule has 0 aliphatic heterocycles. The number of hydrogen-bond donors (Lipinski definition) is 1. The Morgan fingerprint density at radius 2 is 2.29 bits per heavy atom. The number of aromatic nitrogens is 1. The highest BCUT2D eigenvalue weighted by molar-refractivity contribution is 7.13. The average molecular weight is 251 g/mol. The number of nitrogens with zero attached hydrogens (tertiary/aromatic N) is 2. The Kier molecular flexibility index (Phi) is 5.11. The van der Waals surface area contributed by atoms with Gasteiger partial charge in [-0.1, -0.05) is 20.3 Å². The van der Waals surface area contributed by atoms with E-state index in [2.05, 4.69) is 16.4 Å². The number of thiazole rings is 1. The van der Waals surface area contributed by atoms with E-state index in [0.717, 1.165) is 23.5 Å². The molecule has 0 bridgehead atoms. The van der Waals surface area contributed by atoms with Crippen molar-refractivity contribution >= 4 is 17.2 Å². The highest BCUT2D eigenvalue weighted by Crippen LogP contribution is 2.18. The number of carbonyl (C=O) groups excluding carboxylic acids is 1. The van der Waals surface area contributed by atoms with Crippen molar-refractivity contribution in [3.63, 3.8) is 0 Å². The van der Waals surface area contributed by atoms with Crippen LogP contribution in [0, 0.1) is 18.3 Å². The zero-order valence-electron chi connectivity index (χ0n) is 10.4. The SMILES string of the molecule is CCCC(C#N)NC(=O)c1sc(C)nc1CC. The van der Waals surface area contributed by atoms with Crippen molar-refractivity contribution in [1.29, 1.82) is 5.26 Å². The van der Waals surface area contributed by atoms with Gasteiger partial charge in [-0.25, -0.2) is 4.98 Å². The molecular formula is C12H17N3OS. The summed E-state index contributed by atoms with van der Waals surface area (Å²) < 4.78 is 0. The second kappa shape index (κ2) is 6.36. The summed E-state index contributed by atoms with van der Waals surface area (Å²) in [5, 5.41) is 12.5. The van der Waals surface area contributed by atoms with Crippen molar-refractivity contribution in [2.75, 3.05) is 0 Å². The minimum Gasteiger partial charge on any atom is -0.336 e. The van der Waals surface area contributed by atoms with Gasteiger partial charge >= 0.3 is 0 Å². The van der Waals surface area contributed by atoms with Gasteiger partial charge in [-0.15, -0.1) is 11.3 Å². The molecule has 17 heavy (non-hydrogen) atoms. The molecule has 1 N–H and O–H groups in total. The maximum atomic E-state index is 12.0. The third kappa shape index (κ3) is 3.53. The van der Waals surface area contributed by atoms with Crippen LogP contribution in [0.1, 0.15) is 47.1 Å². The van der Waals surface area contributed by atoms with Gasteiger partial charge in [0.25, 0.3) is 5.91 Å². The molecule has 4 nitrogen and oxygen atoms in total. The van der Waals surface area contributed by atoms with E-state index in [4.69, 9.17) is 5.26 Å². The Morgan fingerprint density at radius 3 is 2.82 bits per heavy atom. The minimum absolute atomic E-state index is 0.174. The quantitative estimate of drug-likeness (QED) is 0.874. The number of amides is 1. The van der Waals surface area contributed by atoms with Crippen LogP contribution in [-0.4, -0.2) is 16.9 Å². The van der Waals surface area contributed by atoms with Gasteiger partial charge in [0.15, 0.2) is 0 Å². The third-order valence-corrected chi connectivity index (χ3v) is 3.40. The van der Waals surface area contributed by atoms with Crippen molar-refractivity contribution < 1.29 is 4.79 Å². The summed E-state index contributed by atoms with van der Waals surface area (Å²) in [6, 6.07) is 1.70. The maximum Gasteiger partial charge on any atom is 0.264 e. The highest BCUT2D eigenvalue weighted by Gasteiger charge is 2.18. The Balaban J connectivity index is 2.79. The molecule has 1 atom stereocenters. The van der Waals surface area contributed by atoms with E-state index in [0.29, 0.717) is 11.3 Å². The molecule has 0 aromatic carbocycles. The zero-order chi connectivity index (χ0) is 12.8.